The smallest absolute Gasteiger partial charge is 0.247 e. The van der Waals surface area contributed by atoms with Crippen LogP contribution in [-0.4, -0.2) is 38.4 Å². The van der Waals surface area contributed by atoms with Crippen molar-refractivity contribution in [2.45, 2.75) is 20.3 Å². The van der Waals surface area contributed by atoms with E-state index in [4.69, 9.17) is 9.47 Å². The molecule has 0 bridgehead atoms. The van der Waals surface area contributed by atoms with Gasteiger partial charge in [-0.1, -0.05) is 38.6 Å². The first-order chi connectivity index (χ1) is 16.6. The highest BCUT2D eigenvalue weighted by Crippen LogP contribution is 2.29. The predicted molar refractivity (Wildman–Crippen MR) is 134 cm³/mol. The van der Waals surface area contributed by atoms with Crippen molar-refractivity contribution in [2.24, 2.45) is 7.05 Å². The van der Waals surface area contributed by atoms with Crippen LogP contribution in [0.3, 0.4) is 0 Å². The molecule has 1 saturated heterocycles. The van der Waals surface area contributed by atoms with Gasteiger partial charge in [-0.2, -0.15) is 4.98 Å². The fourth-order valence-corrected chi connectivity index (χ4v) is 3.14. The molecular weight excluding hydrogens is 428 g/mol. The minimum atomic E-state index is 0.0660. The molecular formula is C27H30N4O3. The molecule has 0 radical (unpaired) electrons. The summed E-state index contributed by atoms with van der Waals surface area (Å²) in [5, 5.41) is 0. The van der Waals surface area contributed by atoms with Crippen molar-refractivity contribution in [3.8, 4) is 23.1 Å². The van der Waals surface area contributed by atoms with Crippen LogP contribution >= 0.6 is 0 Å². The zero-order chi connectivity index (χ0) is 24.3. The van der Waals surface area contributed by atoms with Crippen LogP contribution in [0.2, 0.25) is 0 Å². The first kappa shape index (κ1) is 24.5. The topological polar surface area (TPSA) is 69.5 Å². The number of carbonyl (C=O) groups excluding carboxylic acids is 1. The van der Waals surface area contributed by atoms with E-state index in [0.29, 0.717) is 11.6 Å². The summed E-state index contributed by atoms with van der Waals surface area (Å²) in [7, 11) is 1.94. The van der Waals surface area contributed by atoms with Crippen LogP contribution in [0.15, 0.2) is 85.8 Å². The molecule has 1 fully saturated rings. The van der Waals surface area contributed by atoms with Crippen LogP contribution in [0.4, 0.5) is 0 Å². The molecule has 2 aromatic heterocycles. The molecule has 0 atom stereocenters. The number of fused-ring (bicyclic) bond motifs is 1. The highest BCUT2D eigenvalue weighted by atomic mass is 16.5. The summed E-state index contributed by atoms with van der Waals surface area (Å²) >= 11 is 0. The van der Waals surface area contributed by atoms with Crippen molar-refractivity contribution in [3.05, 3.63) is 85.8 Å². The molecule has 7 heteroatoms. The van der Waals surface area contributed by atoms with Gasteiger partial charge < -0.3 is 18.9 Å². The van der Waals surface area contributed by atoms with Crippen LogP contribution in [0, 0.1) is 0 Å². The van der Waals surface area contributed by atoms with Crippen molar-refractivity contribution in [1.82, 2.24) is 19.4 Å². The standard InChI is InChI=1S/C19H15N3O2.C6H9NO.C2H6/c1-22-12-11-17-18(22)19(21-13-20-17)24-16-9-7-15(8-10-16)23-14-5-3-2-4-6-14;1-2-6(8)7-4-3-5-7;1-2/h2-13H,1H3;2H,1,3-5H2;1-2H3. The molecule has 1 aliphatic rings. The number of amides is 1. The summed E-state index contributed by atoms with van der Waals surface area (Å²) in [5.74, 6) is 2.84. The second-order valence-corrected chi connectivity index (χ2v) is 7.21. The highest BCUT2D eigenvalue weighted by Gasteiger charge is 2.16. The van der Waals surface area contributed by atoms with Gasteiger partial charge in [0.05, 0.1) is 5.52 Å². The summed E-state index contributed by atoms with van der Waals surface area (Å²) in [6.07, 6.45) is 5.95. The van der Waals surface area contributed by atoms with E-state index in [1.165, 1.54) is 12.4 Å². The fourth-order valence-electron chi connectivity index (χ4n) is 3.14. The van der Waals surface area contributed by atoms with Crippen molar-refractivity contribution in [3.63, 3.8) is 0 Å². The van der Waals surface area contributed by atoms with Crippen LogP contribution < -0.4 is 9.47 Å². The molecule has 1 aliphatic heterocycles. The predicted octanol–water partition coefficient (Wildman–Crippen LogP) is 5.98. The van der Waals surface area contributed by atoms with E-state index >= 15 is 0 Å². The van der Waals surface area contributed by atoms with Gasteiger partial charge >= 0.3 is 0 Å². The zero-order valence-electron chi connectivity index (χ0n) is 19.8. The number of rotatable bonds is 5. The van der Waals surface area contributed by atoms with Crippen LogP contribution in [0.25, 0.3) is 11.0 Å². The van der Waals surface area contributed by atoms with Crippen molar-refractivity contribution in [1.29, 1.82) is 0 Å². The summed E-state index contributed by atoms with van der Waals surface area (Å²) in [6, 6.07) is 19.0. The van der Waals surface area contributed by atoms with Crippen molar-refractivity contribution < 1.29 is 14.3 Å². The number of nitrogens with zero attached hydrogens (tertiary/aromatic N) is 4. The second-order valence-electron chi connectivity index (χ2n) is 7.21. The molecule has 5 rings (SSSR count). The monoisotopic (exact) mass is 458 g/mol. The Hall–Kier alpha value is -4.13. The Morgan fingerprint density at radius 1 is 0.912 bits per heavy atom. The third kappa shape index (κ3) is 6.22. The zero-order valence-corrected chi connectivity index (χ0v) is 19.8. The lowest BCUT2D eigenvalue weighted by atomic mass is 10.2. The van der Waals surface area contributed by atoms with Gasteiger partial charge in [0.15, 0.2) is 0 Å². The average Bonchev–Trinajstić information content (AvgIpc) is 3.23. The summed E-state index contributed by atoms with van der Waals surface area (Å²) in [6.45, 7) is 9.22. The second kappa shape index (κ2) is 12.2. The summed E-state index contributed by atoms with van der Waals surface area (Å²) < 4.78 is 13.6. The van der Waals surface area contributed by atoms with E-state index in [1.807, 2.05) is 92.3 Å². The largest absolute Gasteiger partial charge is 0.457 e. The van der Waals surface area contributed by atoms with Gasteiger partial charge in [0, 0.05) is 26.3 Å². The van der Waals surface area contributed by atoms with E-state index in [-0.39, 0.29) is 5.91 Å². The Morgan fingerprint density at radius 2 is 1.53 bits per heavy atom. The maximum Gasteiger partial charge on any atom is 0.247 e. The first-order valence-electron chi connectivity index (χ1n) is 11.3. The number of likely N-dealkylation sites (tertiary alicyclic amines) is 1. The van der Waals surface area contributed by atoms with Gasteiger partial charge in [-0.3, -0.25) is 4.79 Å². The molecule has 2 aromatic carbocycles. The molecule has 7 nitrogen and oxygen atoms in total. The lowest BCUT2D eigenvalue weighted by Crippen LogP contribution is -2.40. The van der Waals surface area contributed by atoms with Gasteiger partial charge in [0.1, 0.15) is 29.1 Å². The number of aryl methyl sites for hydroxylation is 1. The number of hydrogen-bond donors (Lipinski definition) is 0. The molecule has 176 valence electrons. The Balaban J connectivity index is 0.000000274. The lowest BCUT2D eigenvalue weighted by Gasteiger charge is -2.29. The molecule has 34 heavy (non-hydrogen) atoms. The Labute approximate surface area is 200 Å². The van der Waals surface area contributed by atoms with Crippen molar-refractivity contribution >= 4 is 16.9 Å². The molecule has 0 spiro atoms. The number of carbonyl (C=O) groups is 1. The molecule has 0 saturated carbocycles. The lowest BCUT2D eigenvalue weighted by molar-refractivity contribution is -0.129. The van der Waals surface area contributed by atoms with E-state index in [0.717, 1.165) is 42.0 Å². The van der Waals surface area contributed by atoms with Gasteiger partial charge in [-0.15, -0.1) is 0 Å². The Kier molecular flexibility index (Phi) is 8.80. The van der Waals surface area contributed by atoms with E-state index < -0.39 is 0 Å². The van der Waals surface area contributed by atoms with Gasteiger partial charge in [-0.05, 0) is 55.0 Å². The van der Waals surface area contributed by atoms with Gasteiger partial charge in [0.2, 0.25) is 11.8 Å². The third-order valence-corrected chi connectivity index (χ3v) is 4.99. The number of aromatic nitrogens is 3. The maximum atomic E-state index is 10.6. The molecule has 1 amide bonds. The van der Waals surface area contributed by atoms with Crippen LogP contribution in [-0.2, 0) is 11.8 Å². The van der Waals surface area contributed by atoms with E-state index in [9.17, 15) is 4.79 Å². The fraction of sp³-hybridized carbons (Fsp3) is 0.222. The number of benzene rings is 2. The third-order valence-electron chi connectivity index (χ3n) is 4.99. The number of para-hydroxylation sites is 1. The Bertz CT molecular complexity index is 1200. The molecule has 0 unspecified atom stereocenters. The van der Waals surface area contributed by atoms with Crippen molar-refractivity contribution in [2.75, 3.05) is 13.1 Å². The van der Waals surface area contributed by atoms with Gasteiger partial charge in [-0.25, -0.2) is 4.98 Å². The molecule has 3 heterocycles. The first-order valence-corrected chi connectivity index (χ1v) is 11.3. The Morgan fingerprint density at radius 3 is 2.09 bits per heavy atom. The summed E-state index contributed by atoms with van der Waals surface area (Å²) in [4.78, 5) is 20.8. The average molecular weight is 459 g/mol. The maximum absolute atomic E-state index is 10.6. The normalized spacial score (nSPS) is 11.8. The molecule has 0 aliphatic carbocycles. The van der Waals surface area contributed by atoms with E-state index in [1.54, 1.807) is 4.90 Å². The SMILES string of the molecule is C=CC(=O)N1CCC1.CC.Cn1ccc2ncnc(Oc3ccc(Oc4ccccc4)cc3)c21. The van der Waals surface area contributed by atoms with Crippen LogP contribution in [0.1, 0.15) is 20.3 Å². The highest BCUT2D eigenvalue weighted by molar-refractivity contribution is 5.87. The minimum absolute atomic E-state index is 0.0660. The van der Waals surface area contributed by atoms with E-state index in [2.05, 4.69) is 16.5 Å². The molecule has 4 aromatic rings. The molecule has 0 N–H and O–H groups in total. The summed E-state index contributed by atoms with van der Waals surface area (Å²) in [5.41, 5.74) is 1.72. The van der Waals surface area contributed by atoms with Gasteiger partial charge in [0.25, 0.3) is 0 Å². The quantitative estimate of drug-likeness (QED) is 0.344. The number of ether oxygens (including phenoxy) is 2. The van der Waals surface area contributed by atoms with Crippen LogP contribution in [0.5, 0.6) is 23.1 Å². The number of hydrogen-bond acceptors (Lipinski definition) is 5. The minimum Gasteiger partial charge on any atom is -0.457 e.